The van der Waals surface area contributed by atoms with Crippen molar-refractivity contribution in [2.24, 2.45) is 0 Å². The number of benzene rings is 1. The van der Waals surface area contributed by atoms with Crippen molar-refractivity contribution in [1.29, 1.82) is 0 Å². The zero-order valence-corrected chi connectivity index (χ0v) is 13.4. The first kappa shape index (κ1) is 16.0. The van der Waals surface area contributed by atoms with Gasteiger partial charge in [-0.05, 0) is 53.4 Å². The van der Waals surface area contributed by atoms with Crippen LogP contribution in [0.25, 0.3) is 0 Å². The maximum Gasteiger partial charge on any atom is 0.220 e. The number of halogens is 1. The van der Waals surface area contributed by atoms with E-state index in [0.29, 0.717) is 17.9 Å². The Morgan fingerprint density at radius 2 is 2.05 bits per heavy atom. The molecule has 0 aliphatic rings. The van der Waals surface area contributed by atoms with Crippen molar-refractivity contribution in [2.75, 3.05) is 6.54 Å². The number of hydrogen-bond donors (Lipinski definition) is 2. The van der Waals surface area contributed by atoms with Crippen molar-refractivity contribution in [3.8, 4) is 0 Å². The second-order valence-corrected chi connectivity index (χ2v) is 6.41. The number of aryl methyl sites for hydroxylation is 1. The van der Waals surface area contributed by atoms with Gasteiger partial charge in [-0.2, -0.15) is 11.3 Å². The maximum atomic E-state index is 11.9. The summed E-state index contributed by atoms with van der Waals surface area (Å²) in [7, 11) is 0. The Morgan fingerprint density at radius 1 is 1.33 bits per heavy atom. The Balaban J connectivity index is 1.78. The average molecular weight is 324 g/mol. The van der Waals surface area contributed by atoms with Crippen molar-refractivity contribution in [3.63, 3.8) is 0 Å². The maximum absolute atomic E-state index is 11.9. The highest BCUT2D eigenvalue weighted by atomic mass is 35.5. The van der Waals surface area contributed by atoms with Gasteiger partial charge in [0.05, 0.1) is 6.54 Å². The highest BCUT2D eigenvalue weighted by molar-refractivity contribution is 7.08. The van der Waals surface area contributed by atoms with Crippen LogP contribution in [0.2, 0.25) is 5.02 Å². The van der Waals surface area contributed by atoms with Crippen LogP contribution in [-0.2, 0) is 16.8 Å². The molecule has 1 amide bonds. The highest BCUT2D eigenvalue weighted by Crippen LogP contribution is 2.22. The highest BCUT2D eigenvalue weighted by Gasteiger charge is 2.23. The molecule has 112 valence electrons. The lowest BCUT2D eigenvalue weighted by atomic mass is 9.99. The molecule has 2 N–H and O–H groups in total. The van der Waals surface area contributed by atoms with Gasteiger partial charge in [0.1, 0.15) is 5.60 Å². The van der Waals surface area contributed by atoms with Crippen LogP contribution in [0.4, 0.5) is 0 Å². The van der Waals surface area contributed by atoms with E-state index >= 15 is 0 Å². The molecule has 2 aromatic rings. The Kier molecular flexibility index (Phi) is 5.39. The molecule has 3 nitrogen and oxygen atoms in total. The molecule has 1 aromatic heterocycles. The van der Waals surface area contributed by atoms with E-state index in [1.165, 1.54) is 11.3 Å². The first-order valence-corrected chi connectivity index (χ1v) is 8.06. The van der Waals surface area contributed by atoms with E-state index in [1.807, 2.05) is 41.1 Å². The number of thiophene rings is 1. The molecule has 0 saturated carbocycles. The molecular weight excluding hydrogens is 306 g/mol. The average Bonchev–Trinajstić information content (AvgIpc) is 3.00. The van der Waals surface area contributed by atoms with E-state index in [0.717, 1.165) is 11.1 Å². The number of rotatable bonds is 6. The summed E-state index contributed by atoms with van der Waals surface area (Å²) in [6.45, 7) is 1.91. The van der Waals surface area contributed by atoms with E-state index in [4.69, 9.17) is 11.6 Å². The quantitative estimate of drug-likeness (QED) is 0.856. The van der Waals surface area contributed by atoms with Crippen LogP contribution in [-0.4, -0.2) is 17.6 Å². The number of aliphatic hydroxyl groups is 1. The monoisotopic (exact) mass is 323 g/mol. The van der Waals surface area contributed by atoms with Gasteiger partial charge in [0.25, 0.3) is 0 Å². The lowest BCUT2D eigenvalue weighted by molar-refractivity contribution is -0.122. The third-order valence-corrected chi connectivity index (χ3v) is 4.26. The van der Waals surface area contributed by atoms with E-state index in [-0.39, 0.29) is 12.5 Å². The molecule has 0 bridgehead atoms. The minimum absolute atomic E-state index is 0.0690. The molecule has 1 heterocycles. The summed E-state index contributed by atoms with van der Waals surface area (Å²) in [6, 6.07) is 9.32. The van der Waals surface area contributed by atoms with Crippen LogP contribution in [0.15, 0.2) is 41.1 Å². The molecule has 5 heteroatoms. The van der Waals surface area contributed by atoms with Gasteiger partial charge in [-0.1, -0.05) is 23.7 Å². The molecule has 1 unspecified atom stereocenters. The zero-order chi connectivity index (χ0) is 15.3. The summed E-state index contributed by atoms with van der Waals surface area (Å²) in [5, 5.41) is 17.6. The molecule has 0 radical (unpaired) electrons. The Labute approximate surface area is 133 Å². The second kappa shape index (κ2) is 7.07. The fraction of sp³-hybridized carbons (Fsp3) is 0.312. The fourth-order valence-electron chi connectivity index (χ4n) is 1.94. The summed E-state index contributed by atoms with van der Waals surface area (Å²) < 4.78 is 0. The van der Waals surface area contributed by atoms with Crippen LogP contribution in [0.3, 0.4) is 0 Å². The molecule has 0 aliphatic carbocycles. The van der Waals surface area contributed by atoms with Gasteiger partial charge in [-0.3, -0.25) is 4.79 Å². The molecule has 21 heavy (non-hydrogen) atoms. The number of carbonyl (C=O) groups excluding carboxylic acids is 1. The summed E-state index contributed by atoms with van der Waals surface area (Å²) in [5.74, 6) is -0.0690. The van der Waals surface area contributed by atoms with E-state index < -0.39 is 5.60 Å². The minimum Gasteiger partial charge on any atom is -0.384 e. The van der Waals surface area contributed by atoms with Crippen molar-refractivity contribution >= 4 is 28.8 Å². The van der Waals surface area contributed by atoms with Crippen LogP contribution in [0.5, 0.6) is 0 Å². The van der Waals surface area contributed by atoms with Crippen molar-refractivity contribution in [2.45, 2.75) is 25.4 Å². The summed E-state index contributed by atoms with van der Waals surface area (Å²) in [4.78, 5) is 11.9. The number of amides is 1. The van der Waals surface area contributed by atoms with E-state index in [9.17, 15) is 9.90 Å². The Morgan fingerprint density at radius 3 is 2.67 bits per heavy atom. The van der Waals surface area contributed by atoms with Gasteiger partial charge in [0, 0.05) is 11.4 Å². The predicted octanol–water partition coefficient (Wildman–Crippen LogP) is 3.36. The summed E-state index contributed by atoms with van der Waals surface area (Å²) >= 11 is 7.34. The molecule has 0 fully saturated rings. The number of nitrogens with one attached hydrogen (secondary N) is 1. The van der Waals surface area contributed by atoms with Gasteiger partial charge >= 0.3 is 0 Å². The van der Waals surface area contributed by atoms with Gasteiger partial charge in [-0.25, -0.2) is 0 Å². The third kappa shape index (κ3) is 4.84. The van der Waals surface area contributed by atoms with Gasteiger partial charge in [0.15, 0.2) is 0 Å². The summed E-state index contributed by atoms with van der Waals surface area (Å²) in [5.41, 5.74) is 0.861. The van der Waals surface area contributed by atoms with Crippen LogP contribution in [0.1, 0.15) is 24.5 Å². The van der Waals surface area contributed by atoms with Crippen LogP contribution in [0, 0.1) is 0 Å². The normalized spacial score (nSPS) is 13.7. The smallest absolute Gasteiger partial charge is 0.220 e. The molecule has 2 rings (SSSR count). The SMILES string of the molecule is CC(O)(CNC(=O)CCc1ccc(Cl)cc1)c1ccsc1. The molecule has 0 aliphatic heterocycles. The molecular formula is C16H18ClNO2S. The molecule has 0 spiro atoms. The lowest BCUT2D eigenvalue weighted by Gasteiger charge is -2.22. The fourth-order valence-corrected chi connectivity index (χ4v) is 2.85. The molecule has 0 saturated heterocycles. The van der Waals surface area contributed by atoms with E-state index in [2.05, 4.69) is 5.32 Å². The Hall–Kier alpha value is -1.36. The standard InChI is InChI=1S/C16H18ClNO2S/c1-16(20,13-8-9-21-10-13)11-18-15(19)7-4-12-2-5-14(17)6-3-12/h2-3,5-6,8-10,20H,4,7,11H2,1H3,(H,18,19). The van der Waals surface area contributed by atoms with Crippen molar-refractivity contribution < 1.29 is 9.90 Å². The van der Waals surface area contributed by atoms with Crippen molar-refractivity contribution in [1.82, 2.24) is 5.32 Å². The summed E-state index contributed by atoms with van der Waals surface area (Å²) in [6.07, 6.45) is 1.05. The van der Waals surface area contributed by atoms with Gasteiger partial charge < -0.3 is 10.4 Å². The third-order valence-electron chi connectivity index (χ3n) is 3.33. The van der Waals surface area contributed by atoms with Crippen molar-refractivity contribution in [3.05, 3.63) is 57.2 Å². The largest absolute Gasteiger partial charge is 0.384 e. The first-order valence-electron chi connectivity index (χ1n) is 6.73. The first-order chi connectivity index (χ1) is 9.97. The number of hydrogen-bond acceptors (Lipinski definition) is 3. The van der Waals surface area contributed by atoms with E-state index in [1.54, 1.807) is 6.92 Å². The molecule has 1 aromatic carbocycles. The van der Waals surface area contributed by atoms with Crippen LogP contribution < -0.4 is 5.32 Å². The molecule has 1 atom stereocenters. The predicted molar refractivity (Wildman–Crippen MR) is 86.7 cm³/mol. The topological polar surface area (TPSA) is 49.3 Å². The zero-order valence-electron chi connectivity index (χ0n) is 11.8. The lowest BCUT2D eigenvalue weighted by Crippen LogP contribution is -2.38. The Bertz CT molecular complexity index is 579. The van der Waals surface area contributed by atoms with Gasteiger partial charge in [-0.15, -0.1) is 0 Å². The number of carbonyl (C=O) groups is 1. The second-order valence-electron chi connectivity index (χ2n) is 5.19. The van der Waals surface area contributed by atoms with Gasteiger partial charge in [0.2, 0.25) is 5.91 Å². The van der Waals surface area contributed by atoms with Crippen LogP contribution >= 0.6 is 22.9 Å². The minimum atomic E-state index is -1.03.